The number of hydrogen-bond donors (Lipinski definition) is 0. The van der Waals surface area contributed by atoms with Crippen molar-refractivity contribution in [1.82, 2.24) is 0 Å². The third-order valence-corrected chi connectivity index (χ3v) is 2.74. The molecular weight excluding hydrogens is 276 g/mol. The first-order chi connectivity index (χ1) is 9.54. The maximum atomic E-state index is 11.9. The summed E-state index contributed by atoms with van der Waals surface area (Å²) in [5, 5.41) is 0.597. The van der Waals surface area contributed by atoms with Gasteiger partial charge in [0.05, 0.1) is 11.7 Å². The molecule has 0 atom stereocenters. The number of carbonyl (C=O) groups excluding carboxylic acids is 1. The Morgan fingerprint density at radius 1 is 0.950 bits per heavy atom. The van der Waals surface area contributed by atoms with Gasteiger partial charge in [-0.15, -0.1) is 0 Å². The van der Waals surface area contributed by atoms with E-state index in [1.165, 1.54) is 0 Å². The number of carbonyl (C=O) groups is 1. The largest absolute Gasteiger partial charge is 0.491 e. The van der Waals surface area contributed by atoms with Gasteiger partial charge in [-0.25, -0.2) is 4.79 Å². The van der Waals surface area contributed by atoms with Crippen LogP contribution >= 0.6 is 11.6 Å². The van der Waals surface area contributed by atoms with E-state index in [-0.39, 0.29) is 6.10 Å². The lowest BCUT2D eigenvalue weighted by Gasteiger charge is -2.10. The second-order valence-corrected chi connectivity index (χ2v) is 4.97. The van der Waals surface area contributed by atoms with Crippen molar-refractivity contribution in [2.24, 2.45) is 0 Å². The van der Waals surface area contributed by atoms with Crippen molar-refractivity contribution in [2.75, 3.05) is 0 Å². The van der Waals surface area contributed by atoms with Crippen molar-refractivity contribution in [3.05, 3.63) is 59.1 Å². The van der Waals surface area contributed by atoms with E-state index in [2.05, 4.69) is 0 Å². The Kier molecular flexibility index (Phi) is 4.64. The summed E-state index contributed by atoms with van der Waals surface area (Å²) in [7, 11) is 0. The highest BCUT2D eigenvalue weighted by Crippen LogP contribution is 2.18. The predicted octanol–water partition coefficient (Wildman–Crippen LogP) is 4.35. The monoisotopic (exact) mass is 290 g/mol. The molecule has 0 amide bonds. The van der Waals surface area contributed by atoms with Crippen molar-refractivity contribution in [3.63, 3.8) is 0 Å². The zero-order valence-corrected chi connectivity index (χ0v) is 12.1. The van der Waals surface area contributed by atoms with Gasteiger partial charge in [0.25, 0.3) is 0 Å². The minimum Gasteiger partial charge on any atom is -0.491 e. The number of rotatable bonds is 4. The Bertz CT molecular complexity index is 574. The Labute approximate surface area is 123 Å². The van der Waals surface area contributed by atoms with E-state index < -0.39 is 5.97 Å². The van der Waals surface area contributed by atoms with Gasteiger partial charge in [0.15, 0.2) is 0 Å². The number of halogens is 1. The first kappa shape index (κ1) is 14.4. The molecule has 0 unspecified atom stereocenters. The normalized spacial score (nSPS) is 10.4. The highest BCUT2D eigenvalue weighted by Gasteiger charge is 2.09. The Morgan fingerprint density at radius 3 is 2.05 bits per heavy atom. The second-order valence-electron chi connectivity index (χ2n) is 4.53. The van der Waals surface area contributed by atoms with Crippen molar-refractivity contribution in [2.45, 2.75) is 20.0 Å². The van der Waals surface area contributed by atoms with Gasteiger partial charge in [0.1, 0.15) is 11.5 Å². The zero-order chi connectivity index (χ0) is 14.5. The molecule has 20 heavy (non-hydrogen) atoms. The van der Waals surface area contributed by atoms with Crippen LogP contribution in [0.2, 0.25) is 5.02 Å². The van der Waals surface area contributed by atoms with Gasteiger partial charge in [-0.05, 0) is 62.4 Å². The topological polar surface area (TPSA) is 35.5 Å². The number of esters is 1. The van der Waals surface area contributed by atoms with Crippen LogP contribution in [0.15, 0.2) is 48.5 Å². The lowest BCUT2D eigenvalue weighted by molar-refractivity contribution is 0.0734. The summed E-state index contributed by atoms with van der Waals surface area (Å²) >= 11 is 5.77. The van der Waals surface area contributed by atoms with Gasteiger partial charge in [0, 0.05) is 5.02 Å². The van der Waals surface area contributed by atoms with Crippen LogP contribution in [-0.2, 0) is 0 Å². The molecule has 4 heteroatoms. The number of hydrogen-bond acceptors (Lipinski definition) is 3. The lowest BCUT2D eigenvalue weighted by atomic mass is 10.2. The third-order valence-electron chi connectivity index (χ3n) is 2.49. The van der Waals surface area contributed by atoms with Crippen LogP contribution < -0.4 is 9.47 Å². The average molecular weight is 291 g/mol. The molecule has 0 saturated carbocycles. The van der Waals surface area contributed by atoms with Crippen LogP contribution in [0.5, 0.6) is 11.5 Å². The number of ether oxygens (including phenoxy) is 2. The quantitative estimate of drug-likeness (QED) is 0.620. The van der Waals surface area contributed by atoms with E-state index in [1.807, 2.05) is 13.8 Å². The molecule has 0 N–H and O–H groups in total. The zero-order valence-electron chi connectivity index (χ0n) is 11.3. The molecule has 2 aromatic rings. The standard InChI is InChI=1S/C16H15ClO3/c1-11(2)19-14-7-3-12(4-8-14)16(18)20-15-9-5-13(17)6-10-15/h3-11H,1-2H3. The fraction of sp³-hybridized carbons (Fsp3) is 0.188. The van der Waals surface area contributed by atoms with Gasteiger partial charge < -0.3 is 9.47 Å². The highest BCUT2D eigenvalue weighted by atomic mass is 35.5. The van der Waals surface area contributed by atoms with E-state index in [4.69, 9.17) is 21.1 Å². The SMILES string of the molecule is CC(C)Oc1ccc(C(=O)Oc2ccc(Cl)cc2)cc1. The molecule has 0 bridgehead atoms. The molecule has 2 aromatic carbocycles. The average Bonchev–Trinajstić information content (AvgIpc) is 2.41. The van der Waals surface area contributed by atoms with Crippen molar-refractivity contribution in [3.8, 4) is 11.5 Å². The third kappa shape index (κ3) is 4.00. The van der Waals surface area contributed by atoms with E-state index in [0.717, 1.165) is 5.75 Å². The summed E-state index contributed by atoms with van der Waals surface area (Å²) in [6, 6.07) is 13.5. The Balaban J connectivity index is 2.03. The Hall–Kier alpha value is -2.00. The summed E-state index contributed by atoms with van der Waals surface area (Å²) in [6.07, 6.45) is 0.0990. The van der Waals surface area contributed by atoms with Gasteiger partial charge in [-0.2, -0.15) is 0 Å². The maximum Gasteiger partial charge on any atom is 0.343 e. The van der Waals surface area contributed by atoms with E-state index >= 15 is 0 Å². The molecule has 3 nitrogen and oxygen atoms in total. The predicted molar refractivity (Wildman–Crippen MR) is 78.6 cm³/mol. The van der Waals surface area contributed by atoms with Crippen molar-refractivity contribution in [1.29, 1.82) is 0 Å². The van der Waals surface area contributed by atoms with Crippen LogP contribution in [0.25, 0.3) is 0 Å². The minimum absolute atomic E-state index is 0.0990. The van der Waals surface area contributed by atoms with Gasteiger partial charge >= 0.3 is 5.97 Å². The lowest BCUT2D eigenvalue weighted by Crippen LogP contribution is -2.09. The highest BCUT2D eigenvalue weighted by molar-refractivity contribution is 6.30. The van der Waals surface area contributed by atoms with Crippen LogP contribution in [0.1, 0.15) is 24.2 Å². The molecule has 0 heterocycles. The van der Waals surface area contributed by atoms with Crippen LogP contribution in [0.3, 0.4) is 0 Å². The summed E-state index contributed by atoms with van der Waals surface area (Å²) in [5.74, 6) is 0.772. The van der Waals surface area contributed by atoms with Crippen LogP contribution in [-0.4, -0.2) is 12.1 Å². The van der Waals surface area contributed by atoms with Gasteiger partial charge in [-0.1, -0.05) is 11.6 Å². The Morgan fingerprint density at radius 2 is 1.50 bits per heavy atom. The molecule has 2 rings (SSSR count). The van der Waals surface area contributed by atoms with Crippen molar-refractivity contribution >= 4 is 17.6 Å². The van der Waals surface area contributed by atoms with Crippen LogP contribution in [0, 0.1) is 0 Å². The van der Waals surface area contributed by atoms with Crippen molar-refractivity contribution < 1.29 is 14.3 Å². The molecular formula is C16H15ClO3. The molecule has 0 aromatic heterocycles. The van der Waals surface area contributed by atoms with Gasteiger partial charge in [0.2, 0.25) is 0 Å². The summed E-state index contributed by atoms with van der Waals surface area (Å²) < 4.78 is 10.8. The molecule has 0 aliphatic carbocycles. The van der Waals surface area contributed by atoms with Crippen LogP contribution in [0.4, 0.5) is 0 Å². The first-order valence-electron chi connectivity index (χ1n) is 6.29. The smallest absolute Gasteiger partial charge is 0.343 e. The molecule has 0 spiro atoms. The fourth-order valence-electron chi connectivity index (χ4n) is 1.61. The van der Waals surface area contributed by atoms with E-state index in [9.17, 15) is 4.79 Å². The fourth-order valence-corrected chi connectivity index (χ4v) is 1.74. The first-order valence-corrected chi connectivity index (χ1v) is 6.67. The molecule has 104 valence electrons. The molecule has 0 aliphatic heterocycles. The molecule has 0 saturated heterocycles. The van der Waals surface area contributed by atoms with E-state index in [0.29, 0.717) is 16.3 Å². The number of benzene rings is 2. The summed E-state index contributed by atoms with van der Waals surface area (Å²) in [4.78, 5) is 11.9. The van der Waals surface area contributed by atoms with Gasteiger partial charge in [-0.3, -0.25) is 0 Å². The molecule has 0 fully saturated rings. The molecule has 0 aliphatic rings. The second kappa shape index (κ2) is 6.44. The maximum absolute atomic E-state index is 11.9. The minimum atomic E-state index is -0.414. The summed E-state index contributed by atoms with van der Waals surface area (Å²) in [6.45, 7) is 3.89. The molecule has 0 radical (unpaired) electrons. The summed E-state index contributed by atoms with van der Waals surface area (Å²) in [5.41, 5.74) is 0.469. The van der Waals surface area contributed by atoms with E-state index in [1.54, 1.807) is 48.5 Å².